The first-order valence-corrected chi connectivity index (χ1v) is 9.62. The van der Waals surface area contributed by atoms with E-state index in [1.807, 2.05) is 11.8 Å². The van der Waals surface area contributed by atoms with Gasteiger partial charge in [0, 0.05) is 56.0 Å². The quantitative estimate of drug-likeness (QED) is 0.771. The maximum atomic E-state index is 2.73. The summed E-state index contributed by atoms with van der Waals surface area (Å²) < 4.78 is 0. The fourth-order valence-corrected chi connectivity index (χ4v) is 4.53. The van der Waals surface area contributed by atoms with Gasteiger partial charge in [0.1, 0.15) is 0 Å². The van der Waals surface area contributed by atoms with Crippen molar-refractivity contribution >= 4 is 11.8 Å². The molecule has 2 aliphatic rings. The van der Waals surface area contributed by atoms with Crippen LogP contribution in [-0.4, -0.2) is 79.4 Å². The lowest BCUT2D eigenvalue weighted by Crippen LogP contribution is -2.54. The standard InChI is InChI=1S/C18H29N3S/c1-19-9-5-6-17(16-19)21-12-10-20(11-13-21)14-15-22-18-7-3-2-4-8-18/h2-4,7-8,17H,5-6,9-16H2,1H3/t17-/m1/s1. The third kappa shape index (κ3) is 4.72. The molecule has 0 aromatic heterocycles. The van der Waals surface area contributed by atoms with Crippen LogP contribution in [0.1, 0.15) is 12.8 Å². The van der Waals surface area contributed by atoms with Crippen LogP contribution < -0.4 is 0 Å². The molecule has 4 heteroatoms. The highest BCUT2D eigenvalue weighted by Crippen LogP contribution is 2.19. The number of piperazine rings is 1. The van der Waals surface area contributed by atoms with Crippen molar-refractivity contribution in [3.05, 3.63) is 30.3 Å². The summed E-state index contributed by atoms with van der Waals surface area (Å²) in [5, 5.41) is 0. The van der Waals surface area contributed by atoms with Crippen LogP contribution in [-0.2, 0) is 0 Å². The number of hydrogen-bond donors (Lipinski definition) is 0. The molecule has 0 radical (unpaired) electrons. The Balaban J connectivity index is 1.35. The van der Waals surface area contributed by atoms with Gasteiger partial charge in [-0.25, -0.2) is 0 Å². The molecule has 2 aliphatic heterocycles. The summed E-state index contributed by atoms with van der Waals surface area (Å²) in [6.07, 6.45) is 2.77. The Kier molecular flexibility index (Phi) is 6.19. The minimum absolute atomic E-state index is 0.805. The van der Waals surface area contributed by atoms with Crippen LogP contribution in [0.15, 0.2) is 35.2 Å². The highest BCUT2D eigenvalue weighted by molar-refractivity contribution is 7.99. The van der Waals surface area contributed by atoms with Crippen LogP contribution >= 0.6 is 11.8 Å². The second-order valence-corrected chi connectivity index (χ2v) is 7.77. The molecule has 1 aromatic rings. The van der Waals surface area contributed by atoms with Crippen molar-refractivity contribution in [2.45, 2.75) is 23.8 Å². The summed E-state index contributed by atoms with van der Waals surface area (Å²) in [5.74, 6) is 1.20. The van der Waals surface area contributed by atoms with Gasteiger partial charge in [-0.05, 0) is 38.6 Å². The van der Waals surface area contributed by atoms with Gasteiger partial charge in [-0.15, -0.1) is 11.8 Å². The third-order valence-corrected chi connectivity index (χ3v) is 5.93. The first kappa shape index (κ1) is 16.3. The summed E-state index contributed by atoms with van der Waals surface area (Å²) in [6.45, 7) is 8.78. The molecule has 2 heterocycles. The van der Waals surface area contributed by atoms with Crippen LogP contribution in [0.3, 0.4) is 0 Å². The van der Waals surface area contributed by atoms with Crippen LogP contribution in [0.2, 0.25) is 0 Å². The number of rotatable bonds is 5. The van der Waals surface area contributed by atoms with E-state index < -0.39 is 0 Å². The van der Waals surface area contributed by atoms with Crippen molar-refractivity contribution in [2.75, 3.05) is 58.6 Å². The predicted octanol–water partition coefficient (Wildman–Crippen LogP) is 2.49. The smallest absolute Gasteiger partial charge is 0.0224 e. The van der Waals surface area contributed by atoms with Gasteiger partial charge in [0.2, 0.25) is 0 Å². The van der Waals surface area contributed by atoms with E-state index in [1.54, 1.807) is 0 Å². The molecule has 0 saturated carbocycles. The van der Waals surface area contributed by atoms with E-state index in [9.17, 15) is 0 Å². The highest BCUT2D eigenvalue weighted by atomic mass is 32.2. The van der Waals surface area contributed by atoms with Crippen molar-refractivity contribution in [3.8, 4) is 0 Å². The van der Waals surface area contributed by atoms with Gasteiger partial charge in [-0.2, -0.15) is 0 Å². The number of nitrogens with zero attached hydrogens (tertiary/aromatic N) is 3. The van der Waals surface area contributed by atoms with E-state index in [1.165, 1.54) is 69.3 Å². The molecule has 0 aliphatic carbocycles. The Labute approximate surface area is 139 Å². The van der Waals surface area contributed by atoms with Gasteiger partial charge in [0.15, 0.2) is 0 Å². The summed E-state index contributed by atoms with van der Waals surface area (Å²) in [7, 11) is 2.27. The zero-order chi connectivity index (χ0) is 15.2. The molecule has 0 amide bonds. The topological polar surface area (TPSA) is 9.72 Å². The maximum Gasteiger partial charge on any atom is 0.0224 e. The van der Waals surface area contributed by atoms with E-state index >= 15 is 0 Å². The monoisotopic (exact) mass is 319 g/mol. The predicted molar refractivity (Wildman–Crippen MR) is 95.7 cm³/mol. The average Bonchev–Trinajstić information content (AvgIpc) is 2.56. The van der Waals surface area contributed by atoms with Gasteiger partial charge < -0.3 is 4.90 Å². The summed E-state index contributed by atoms with van der Waals surface area (Å²) in [6, 6.07) is 11.6. The van der Waals surface area contributed by atoms with Gasteiger partial charge in [-0.3, -0.25) is 9.80 Å². The zero-order valence-corrected chi connectivity index (χ0v) is 14.6. The molecule has 0 spiro atoms. The Morgan fingerprint density at radius 1 is 1.05 bits per heavy atom. The molecule has 122 valence electrons. The van der Waals surface area contributed by atoms with Crippen LogP contribution in [0, 0.1) is 0 Å². The lowest BCUT2D eigenvalue weighted by molar-refractivity contribution is 0.0618. The minimum atomic E-state index is 0.805. The summed E-state index contributed by atoms with van der Waals surface area (Å²) >= 11 is 1.98. The highest BCUT2D eigenvalue weighted by Gasteiger charge is 2.26. The molecule has 3 nitrogen and oxygen atoms in total. The van der Waals surface area contributed by atoms with Crippen molar-refractivity contribution in [1.82, 2.24) is 14.7 Å². The molecule has 0 unspecified atom stereocenters. The SMILES string of the molecule is CN1CCC[C@@H](N2CCN(CCSc3ccccc3)CC2)C1. The van der Waals surface area contributed by atoms with Crippen molar-refractivity contribution in [3.63, 3.8) is 0 Å². The molecular formula is C18H29N3S. The molecule has 1 aromatic carbocycles. The Bertz CT molecular complexity index is 431. The van der Waals surface area contributed by atoms with Crippen LogP contribution in [0.4, 0.5) is 0 Å². The number of piperidine rings is 1. The number of likely N-dealkylation sites (tertiary alicyclic amines) is 1. The molecule has 0 N–H and O–H groups in total. The van der Waals surface area contributed by atoms with Gasteiger partial charge in [0.25, 0.3) is 0 Å². The Morgan fingerprint density at radius 3 is 2.55 bits per heavy atom. The average molecular weight is 320 g/mol. The minimum Gasteiger partial charge on any atom is -0.305 e. The number of thioether (sulfide) groups is 1. The first-order chi connectivity index (χ1) is 10.8. The fourth-order valence-electron chi connectivity index (χ4n) is 3.60. The Morgan fingerprint density at radius 2 is 1.82 bits per heavy atom. The van der Waals surface area contributed by atoms with E-state index in [-0.39, 0.29) is 0 Å². The van der Waals surface area contributed by atoms with Crippen LogP contribution in [0.5, 0.6) is 0 Å². The fraction of sp³-hybridized carbons (Fsp3) is 0.667. The van der Waals surface area contributed by atoms with E-state index in [2.05, 4.69) is 52.1 Å². The second kappa shape index (κ2) is 8.34. The first-order valence-electron chi connectivity index (χ1n) is 8.64. The lowest BCUT2D eigenvalue weighted by atomic mass is 10.0. The molecule has 0 bridgehead atoms. The molecule has 22 heavy (non-hydrogen) atoms. The number of benzene rings is 1. The van der Waals surface area contributed by atoms with Gasteiger partial charge in [0.05, 0.1) is 0 Å². The summed E-state index contributed by atoms with van der Waals surface area (Å²) in [4.78, 5) is 9.26. The molecular weight excluding hydrogens is 290 g/mol. The second-order valence-electron chi connectivity index (χ2n) is 6.60. The molecule has 1 atom stereocenters. The third-order valence-electron chi connectivity index (χ3n) is 4.94. The Hall–Kier alpha value is -0.550. The van der Waals surface area contributed by atoms with E-state index in [0.717, 1.165) is 6.04 Å². The van der Waals surface area contributed by atoms with E-state index in [4.69, 9.17) is 0 Å². The van der Waals surface area contributed by atoms with Crippen molar-refractivity contribution in [2.24, 2.45) is 0 Å². The largest absolute Gasteiger partial charge is 0.305 e. The van der Waals surface area contributed by atoms with Crippen molar-refractivity contribution < 1.29 is 0 Å². The van der Waals surface area contributed by atoms with Gasteiger partial charge >= 0.3 is 0 Å². The summed E-state index contributed by atoms with van der Waals surface area (Å²) in [5.41, 5.74) is 0. The van der Waals surface area contributed by atoms with Crippen LogP contribution in [0.25, 0.3) is 0 Å². The number of hydrogen-bond acceptors (Lipinski definition) is 4. The number of likely N-dealkylation sites (N-methyl/N-ethyl adjacent to an activating group) is 1. The molecule has 3 rings (SSSR count). The van der Waals surface area contributed by atoms with Gasteiger partial charge in [-0.1, -0.05) is 18.2 Å². The zero-order valence-electron chi connectivity index (χ0n) is 13.8. The maximum absolute atomic E-state index is 2.73. The van der Waals surface area contributed by atoms with E-state index in [0.29, 0.717) is 0 Å². The lowest BCUT2D eigenvalue weighted by Gasteiger charge is -2.42. The van der Waals surface area contributed by atoms with Crippen molar-refractivity contribution in [1.29, 1.82) is 0 Å². The molecule has 2 saturated heterocycles. The normalized spacial score (nSPS) is 25.4. The molecule has 2 fully saturated rings.